The van der Waals surface area contributed by atoms with E-state index in [1.54, 1.807) is 18.2 Å². The monoisotopic (exact) mass is 247 g/mol. The SMILES string of the molecule is NC(=O)Cc1cc(F)ccc1-c1ccccc1F. The van der Waals surface area contributed by atoms with Crippen molar-refractivity contribution in [2.45, 2.75) is 6.42 Å². The van der Waals surface area contributed by atoms with E-state index >= 15 is 0 Å². The average Bonchev–Trinajstić information content (AvgIpc) is 2.30. The number of rotatable bonds is 3. The van der Waals surface area contributed by atoms with Crippen molar-refractivity contribution < 1.29 is 13.6 Å². The minimum absolute atomic E-state index is 0.124. The van der Waals surface area contributed by atoms with Gasteiger partial charge < -0.3 is 5.73 Å². The summed E-state index contributed by atoms with van der Waals surface area (Å²) >= 11 is 0. The van der Waals surface area contributed by atoms with Crippen molar-refractivity contribution in [1.29, 1.82) is 0 Å². The highest BCUT2D eigenvalue weighted by Crippen LogP contribution is 2.27. The molecule has 92 valence electrons. The molecule has 0 radical (unpaired) electrons. The Morgan fingerprint density at radius 3 is 2.44 bits per heavy atom. The fraction of sp³-hybridized carbons (Fsp3) is 0.0714. The first-order valence-electron chi connectivity index (χ1n) is 5.39. The van der Waals surface area contributed by atoms with Crippen LogP contribution in [-0.4, -0.2) is 5.91 Å². The molecule has 2 N–H and O–H groups in total. The van der Waals surface area contributed by atoms with Crippen molar-refractivity contribution in [1.82, 2.24) is 0 Å². The molecular formula is C14H11F2NO. The summed E-state index contributed by atoms with van der Waals surface area (Å²) in [5.41, 5.74) is 6.29. The fourth-order valence-corrected chi connectivity index (χ4v) is 1.84. The summed E-state index contributed by atoms with van der Waals surface area (Å²) in [6.45, 7) is 0. The van der Waals surface area contributed by atoms with Gasteiger partial charge in [-0.2, -0.15) is 0 Å². The third kappa shape index (κ3) is 2.53. The van der Waals surface area contributed by atoms with Gasteiger partial charge in [0.25, 0.3) is 0 Å². The van der Waals surface area contributed by atoms with Gasteiger partial charge in [0.05, 0.1) is 6.42 Å². The zero-order valence-corrected chi connectivity index (χ0v) is 9.49. The summed E-state index contributed by atoms with van der Waals surface area (Å²) in [5, 5.41) is 0. The summed E-state index contributed by atoms with van der Waals surface area (Å²) in [6, 6.07) is 10.0. The minimum atomic E-state index is -0.585. The number of carbonyl (C=O) groups excluding carboxylic acids is 1. The van der Waals surface area contributed by atoms with E-state index in [4.69, 9.17) is 5.73 Å². The summed E-state index contributed by atoms with van der Waals surface area (Å²) in [7, 11) is 0. The van der Waals surface area contributed by atoms with Gasteiger partial charge >= 0.3 is 0 Å². The lowest BCUT2D eigenvalue weighted by Crippen LogP contribution is -2.14. The van der Waals surface area contributed by atoms with Gasteiger partial charge in [-0.3, -0.25) is 4.79 Å². The molecule has 2 aromatic carbocycles. The molecule has 0 saturated heterocycles. The summed E-state index contributed by atoms with van der Waals surface area (Å²) in [4.78, 5) is 11.0. The maximum atomic E-state index is 13.7. The van der Waals surface area contributed by atoms with E-state index in [0.717, 1.165) is 0 Å². The molecule has 0 bridgehead atoms. The largest absolute Gasteiger partial charge is 0.369 e. The van der Waals surface area contributed by atoms with Gasteiger partial charge in [-0.25, -0.2) is 8.78 Å². The van der Waals surface area contributed by atoms with Crippen LogP contribution in [0.5, 0.6) is 0 Å². The minimum Gasteiger partial charge on any atom is -0.369 e. The van der Waals surface area contributed by atoms with E-state index in [0.29, 0.717) is 16.7 Å². The second kappa shape index (κ2) is 4.96. The van der Waals surface area contributed by atoms with Crippen LogP contribution in [0.25, 0.3) is 11.1 Å². The van der Waals surface area contributed by atoms with Crippen LogP contribution in [0.3, 0.4) is 0 Å². The Morgan fingerprint density at radius 1 is 1.06 bits per heavy atom. The van der Waals surface area contributed by atoms with Crippen molar-refractivity contribution in [2.24, 2.45) is 5.73 Å². The molecule has 4 heteroatoms. The average molecular weight is 247 g/mol. The number of benzene rings is 2. The number of nitrogens with two attached hydrogens (primary N) is 1. The molecule has 0 spiro atoms. The topological polar surface area (TPSA) is 43.1 Å². The zero-order valence-electron chi connectivity index (χ0n) is 9.49. The predicted molar refractivity (Wildman–Crippen MR) is 64.7 cm³/mol. The number of halogens is 2. The van der Waals surface area contributed by atoms with E-state index in [2.05, 4.69) is 0 Å². The van der Waals surface area contributed by atoms with E-state index in [1.807, 2.05) is 0 Å². The van der Waals surface area contributed by atoms with Crippen molar-refractivity contribution in [2.75, 3.05) is 0 Å². The van der Waals surface area contributed by atoms with Crippen LogP contribution in [-0.2, 0) is 11.2 Å². The fourth-order valence-electron chi connectivity index (χ4n) is 1.84. The molecule has 0 saturated carbocycles. The second-order valence-corrected chi connectivity index (χ2v) is 3.92. The third-order valence-electron chi connectivity index (χ3n) is 2.60. The highest BCUT2D eigenvalue weighted by atomic mass is 19.1. The van der Waals surface area contributed by atoms with Crippen LogP contribution < -0.4 is 5.73 Å². The van der Waals surface area contributed by atoms with Crippen LogP contribution in [0.15, 0.2) is 42.5 Å². The Bertz CT molecular complexity index is 596. The maximum Gasteiger partial charge on any atom is 0.221 e. The number of hydrogen-bond acceptors (Lipinski definition) is 1. The molecule has 2 rings (SSSR count). The molecule has 0 heterocycles. The molecule has 0 aliphatic heterocycles. The van der Waals surface area contributed by atoms with Gasteiger partial charge in [-0.15, -0.1) is 0 Å². The normalized spacial score (nSPS) is 10.3. The number of primary amides is 1. The first kappa shape index (κ1) is 12.2. The molecule has 0 unspecified atom stereocenters. The maximum absolute atomic E-state index is 13.7. The van der Waals surface area contributed by atoms with Crippen LogP contribution in [0, 0.1) is 11.6 Å². The van der Waals surface area contributed by atoms with Gasteiger partial charge in [-0.05, 0) is 29.3 Å². The molecule has 0 fully saturated rings. The van der Waals surface area contributed by atoms with Crippen molar-refractivity contribution in [3.8, 4) is 11.1 Å². The summed E-state index contributed by atoms with van der Waals surface area (Å²) in [6.07, 6.45) is -0.124. The highest BCUT2D eigenvalue weighted by Gasteiger charge is 2.12. The quantitative estimate of drug-likeness (QED) is 0.890. The van der Waals surface area contributed by atoms with Gasteiger partial charge in [0.2, 0.25) is 5.91 Å². The Labute approximate surface area is 103 Å². The molecule has 1 amide bonds. The van der Waals surface area contributed by atoms with Crippen LogP contribution >= 0.6 is 0 Å². The lowest BCUT2D eigenvalue weighted by atomic mass is 9.97. The first-order valence-corrected chi connectivity index (χ1v) is 5.39. The highest BCUT2D eigenvalue weighted by molar-refractivity contribution is 5.80. The molecule has 0 aliphatic rings. The van der Waals surface area contributed by atoms with Gasteiger partial charge in [-0.1, -0.05) is 24.3 Å². The Morgan fingerprint density at radius 2 is 1.78 bits per heavy atom. The zero-order chi connectivity index (χ0) is 13.1. The van der Waals surface area contributed by atoms with Crippen molar-refractivity contribution in [3.05, 3.63) is 59.7 Å². The Hall–Kier alpha value is -2.23. The molecular weight excluding hydrogens is 236 g/mol. The van der Waals surface area contributed by atoms with E-state index in [9.17, 15) is 13.6 Å². The van der Waals surface area contributed by atoms with E-state index in [-0.39, 0.29) is 6.42 Å². The van der Waals surface area contributed by atoms with Crippen molar-refractivity contribution in [3.63, 3.8) is 0 Å². The predicted octanol–water partition coefficient (Wildman–Crippen LogP) is 2.66. The Kier molecular flexibility index (Phi) is 3.37. The van der Waals surface area contributed by atoms with Crippen LogP contribution in [0.4, 0.5) is 8.78 Å². The molecule has 0 aliphatic carbocycles. The molecule has 2 aromatic rings. The standard InChI is InChI=1S/C14H11F2NO/c15-10-5-6-11(9(7-10)8-14(17)18)12-3-1-2-4-13(12)16/h1-7H,8H2,(H2,17,18). The molecule has 18 heavy (non-hydrogen) atoms. The van der Waals surface area contributed by atoms with E-state index < -0.39 is 17.5 Å². The molecule has 0 atom stereocenters. The van der Waals surface area contributed by atoms with Crippen LogP contribution in [0.1, 0.15) is 5.56 Å². The van der Waals surface area contributed by atoms with E-state index in [1.165, 1.54) is 24.3 Å². The molecule has 0 aromatic heterocycles. The first-order chi connectivity index (χ1) is 8.58. The lowest BCUT2D eigenvalue weighted by Gasteiger charge is -2.09. The van der Waals surface area contributed by atoms with Gasteiger partial charge in [0.1, 0.15) is 11.6 Å². The third-order valence-corrected chi connectivity index (χ3v) is 2.60. The Balaban J connectivity index is 2.57. The summed E-state index contributed by atoms with van der Waals surface area (Å²) in [5.74, 6) is -1.49. The van der Waals surface area contributed by atoms with Crippen molar-refractivity contribution >= 4 is 5.91 Å². The number of hydrogen-bond donors (Lipinski definition) is 1. The summed E-state index contributed by atoms with van der Waals surface area (Å²) < 4.78 is 26.9. The van der Waals surface area contributed by atoms with Crippen LogP contribution in [0.2, 0.25) is 0 Å². The van der Waals surface area contributed by atoms with Gasteiger partial charge in [0, 0.05) is 5.56 Å². The lowest BCUT2D eigenvalue weighted by molar-refractivity contribution is -0.117. The smallest absolute Gasteiger partial charge is 0.221 e. The number of amides is 1. The van der Waals surface area contributed by atoms with Gasteiger partial charge in [0.15, 0.2) is 0 Å². The molecule has 2 nitrogen and oxygen atoms in total. The number of carbonyl (C=O) groups is 1. The second-order valence-electron chi connectivity index (χ2n) is 3.92.